The van der Waals surface area contributed by atoms with Crippen molar-refractivity contribution in [3.05, 3.63) is 101 Å². The highest BCUT2D eigenvalue weighted by Crippen LogP contribution is 2.33. The van der Waals surface area contributed by atoms with Crippen LogP contribution in [0, 0.1) is 17.5 Å². The van der Waals surface area contributed by atoms with Crippen molar-refractivity contribution < 1.29 is 18.0 Å². The van der Waals surface area contributed by atoms with Gasteiger partial charge >= 0.3 is 0 Å². The van der Waals surface area contributed by atoms with Crippen LogP contribution in [0.15, 0.2) is 66.7 Å². The maximum absolute atomic E-state index is 13.8. The number of rotatable bonds is 5. The number of amides is 1. The monoisotopic (exact) mass is 505 g/mol. The van der Waals surface area contributed by atoms with E-state index in [1.807, 2.05) is 55.1 Å². The number of piperazine rings is 1. The van der Waals surface area contributed by atoms with Gasteiger partial charge in [-0.1, -0.05) is 37.3 Å². The van der Waals surface area contributed by atoms with E-state index in [-0.39, 0.29) is 18.0 Å². The molecule has 0 spiro atoms. The minimum Gasteiger partial charge on any atom is -0.337 e. The average Bonchev–Trinajstić information content (AvgIpc) is 2.94. The van der Waals surface area contributed by atoms with Crippen LogP contribution in [0.4, 0.5) is 24.5 Å². The summed E-state index contributed by atoms with van der Waals surface area (Å²) in [5, 5.41) is 0. The summed E-state index contributed by atoms with van der Waals surface area (Å²) in [6.45, 7) is 6.27. The van der Waals surface area contributed by atoms with Crippen LogP contribution in [0.1, 0.15) is 47.8 Å². The van der Waals surface area contributed by atoms with Gasteiger partial charge in [0.25, 0.3) is 5.91 Å². The van der Waals surface area contributed by atoms with Gasteiger partial charge in [0.1, 0.15) is 0 Å². The Balaban J connectivity index is 1.29. The molecule has 5 rings (SSSR count). The van der Waals surface area contributed by atoms with Crippen LogP contribution in [0.2, 0.25) is 0 Å². The number of hydrogen-bond donors (Lipinski definition) is 0. The SMILES string of the molecule is CC[C@H]1CN(C(C)c2cc(F)c(F)c(F)c2)CCN1C(=O)c1ccc(N2CC=Cc3ccccc32)cc1. The predicted octanol–water partition coefficient (Wildman–Crippen LogP) is 6.57. The number of carbonyl (C=O) groups is 1. The molecule has 4 nitrogen and oxygen atoms in total. The van der Waals surface area contributed by atoms with Gasteiger partial charge < -0.3 is 9.80 Å². The minimum atomic E-state index is -1.45. The zero-order valence-electron chi connectivity index (χ0n) is 21.0. The van der Waals surface area contributed by atoms with Crippen molar-refractivity contribution in [1.29, 1.82) is 0 Å². The molecule has 7 heteroatoms. The van der Waals surface area contributed by atoms with Crippen molar-refractivity contribution in [3.63, 3.8) is 0 Å². The first-order chi connectivity index (χ1) is 17.9. The Labute approximate surface area is 215 Å². The summed E-state index contributed by atoms with van der Waals surface area (Å²) in [6.07, 6.45) is 5.00. The average molecular weight is 506 g/mol. The van der Waals surface area contributed by atoms with Crippen molar-refractivity contribution in [2.45, 2.75) is 32.4 Å². The molecule has 2 atom stereocenters. The minimum absolute atomic E-state index is 0.0245. The van der Waals surface area contributed by atoms with Crippen molar-refractivity contribution in [1.82, 2.24) is 9.80 Å². The van der Waals surface area contributed by atoms with Crippen LogP contribution < -0.4 is 4.90 Å². The van der Waals surface area contributed by atoms with Gasteiger partial charge in [-0.15, -0.1) is 0 Å². The summed E-state index contributed by atoms with van der Waals surface area (Å²) in [5.74, 6) is -3.85. The van der Waals surface area contributed by atoms with E-state index < -0.39 is 17.5 Å². The predicted molar refractivity (Wildman–Crippen MR) is 140 cm³/mol. The first-order valence-electron chi connectivity index (χ1n) is 12.7. The molecule has 0 aromatic heterocycles. The van der Waals surface area contributed by atoms with Crippen LogP contribution in [0.25, 0.3) is 6.08 Å². The molecule has 0 saturated carbocycles. The summed E-state index contributed by atoms with van der Waals surface area (Å²) in [6, 6.07) is 17.7. The summed E-state index contributed by atoms with van der Waals surface area (Å²) in [5.41, 5.74) is 4.35. The Morgan fingerprint density at radius 3 is 2.41 bits per heavy atom. The van der Waals surface area contributed by atoms with E-state index in [1.165, 1.54) is 0 Å². The third-order valence-electron chi connectivity index (χ3n) is 7.52. The smallest absolute Gasteiger partial charge is 0.254 e. The highest BCUT2D eigenvalue weighted by atomic mass is 19.2. The van der Waals surface area contributed by atoms with E-state index in [0.29, 0.717) is 30.8 Å². The lowest BCUT2D eigenvalue weighted by Crippen LogP contribution is -2.55. The fourth-order valence-corrected chi connectivity index (χ4v) is 5.33. The summed E-state index contributed by atoms with van der Waals surface area (Å²) in [7, 11) is 0. The molecule has 0 bridgehead atoms. The molecule has 192 valence electrons. The second-order valence-electron chi connectivity index (χ2n) is 9.65. The fraction of sp³-hybridized carbons (Fsp3) is 0.300. The second-order valence-corrected chi connectivity index (χ2v) is 9.65. The van der Waals surface area contributed by atoms with Gasteiger partial charge in [-0.2, -0.15) is 0 Å². The molecular formula is C30H30F3N3O. The van der Waals surface area contributed by atoms with Crippen LogP contribution >= 0.6 is 0 Å². The molecular weight excluding hydrogens is 475 g/mol. The Morgan fingerprint density at radius 2 is 1.70 bits per heavy atom. The third kappa shape index (κ3) is 4.88. The standard InChI is InChI=1S/C30H30F3N3O/c1-3-24-19-34(20(2)23-17-26(31)29(33)27(32)18-23)15-16-36(24)30(37)22-10-12-25(13-11-22)35-14-6-8-21-7-4-5-9-28(21)35/h4-13,17-18,20,24H,3,14-16,19H2,1-2H3/t20?,24-/m0/s1. The number of fused-ring (bicyclic) bond motifs is 1. The molecule has 1 amide bonds. The first-order valence-corrected chi connectivity index (χ1v) is 12.7. The van der Waals surface area contributed by atoms with Gasteiger partial charge in [-0.25, -0.2) is 13.2 Å². The van der Waals surface area contributed by atoms with Crippen molar-refractivity contribution in [2.75, 3.05) is 31.1 Å². The second kappa shape index (κ2) is 10.4. The van der Waals surface area contributed by atoms with Crippen molar-refractivity contribution in [2.24, 2.45) is 0 Å². The lowest BCUT2D eigenvalue weighted by molar-refractivity contribution is 0.0355. The number of para-hydroxylation sites is 1. The Kier molecular flexibility index (Phi) is 7.07. The molecule has 2 aliphatic heterocycles. The van der Waals surface area contributed by atoms with Gasteiger partial charge in [-0.3, -0.25) is 9.69 Å². The maximum Gasteiger partial charge on any atom is 0.254 e. The van der Waals surface area contributed by atoms with Gasteiger partial charge in [0, 0.05) is 55.2 Å². The van der Waals surface area contributed by atoms with E-state index in [9.17, 15) is 18.0 Å². The molecule has 1 fully saturated rings. The van der Waals surface area contributed by atoms with Crippen LogP contribution in [0.3, 0.4) is 0 Å². The molecule has 3 aromatic carbocycles. The van der Waals surface area contributed by atoms with E-state index in [1.54, 1.807) is 0 Å². The van der Waals surface area contributed by atoms with Gasteiger partial charge in [0.2, 0.25) is 0 Å². The number of carbonyl (C=O) groups excluding carboxylic acids is 1. The zero-order chi connectivity index (χ0) is 26.1. The first kappa shape index (κ1) is 25.1. The molecule has 0 aliphatic carbocycles. The van der Waals surface area contributed by atoms with Crippen LogP contribution in [-0.2, 0) is 0 Å². The number of hydrogen-bond acceptors (Lipinski definition) is 3. The molecule has 2 heterocycles. The lowest BCUT2D eigenvalue weighted by atomic mass is 10.0. The fourth-order valence-electron chi connectivity index (χ4n) is 5.33. The van der Waals surface area contributed by atoms with Crippen LogP contribution in [-0.4, -0.2) is 47.9 Å². The molecule has 3 aromatic rings. The normalized spacial score (nSPS) is 18.6. The molecule has 1 unspecified atom stereocenters. The van der Waals surface area contributed by atoms with Gasteiger partial charge in [-0.05, 0) is 66.9 Å². The summed E-state index contributed by atoms with van der Waals surface area (Å²) < 4.78 is 41.0. The molecule has 0 N–H and O–H groups in total. The van der Waals surface area contributed by atoms with Gasteiger partial charge in [0.15, 0.2) is 17.5 Å². The Hall–Kier alpha value is -3.58. The van der Waals surface area contributed by atoms with E-state index in [4.69, 9.17) is 0 Å². The Morgan fingerprint density at radius 1 is 1.00 bits per heavy atom. The highest BCUT2D eigenvalue weighted by Gasteiger charge is 2.32. The largest absolute Gasteiger partial charge is 0.337 e. The summed E-state index contributed by atoms with van der Waals surface area (Å²) >= 11 is 0. The third-order valence-corrected chi connectivity index (χ3v) is 7.52. The maximum atomic E-state index is 13.8. The lowest BCUT2D eigenvalue weighted by Gasteiger charge is -2.43. The molecule has 1 saturated heterocycles. The number of nitrogens with zero attached hydrogens (tertiary/aromatic N) is 3. The van der Waals surface area contributed by atoms with Gasteiger partial charge in [0.05, 0.1) is 0 Å². The van der Waals surface area contributed by atoms with Crippen LogP contribution in [0.5, 0.6) is 0 Å². The quantitative estimate of drug-likeness (QED) is 0.367. The highest BCUT2D eigenvalue weighted by molar-refractivity contribution is 5.95. The Bertz CT molecular complexity index is 1300. The molecule has 0 radical (unpaired) electrons. The topological polar surface area (TPSA) is 26.8 Å². The number of halogens is 3. The van der Waals surface area contributed by atoms with E-state index in [2.05, 4.69) is 34.1 Å². The van der Waals surface area contributed by atoms with E-state index in [0.717, 1.165) is 42.0 Å². The van der Waals surface area contributed by atoms with Crippen molar-refractivity contribution in [3.8, 4) is 0 Å². The molecule has 2 aliphatic rings. The van der Waals surface area contributed by atoms with Crippen molar-refractivity contribution >= 4 is 23.4 Å². The zero-order valence-corrected chi connectivity index (χ0v) is 21.0. The number of anilines is 2. The summed E-state index contributed by atoms with van der Waals surface area (Å²) in [4.78, 5) is 19.7. The number of benzene rings is 3. The molecule has 37 heavy (non-hydrogen) atoms. The van der Waals surface area contributed by atoms with E-state index >= 15 is 0 Å².